The standard InChI is InChI=1S/C34H32Cl2F3N5O2/c1-19-16-42(32(45)20(2)37)11-12-44(19)31-25-13-26(35)24(23-6-3-5-21-7-8-27(39)30(36)29(21)23)14-28(25)40-33(41-31)46-18-34-9-4-10-43(34)17-22(38)15-34/h3,5-8,13-14,19,22H,2,4,9-12,15-18H2,1H3/t19-,22+,34?/m0/s1. The topological polar surface area (TPSA) is 61.8 Å². The molecule has 7 rings (SSSR count). The van der Waals surface area contributed by atoms with Crippen molar-refractivity contribution >= 4 is 56.6 Å². The van der Waals surface area contributed by atoms with E-state index in [-0.39, 0.29) is 36.8 Å². The summed E-state index contributed by atoms with van der Waals surface area (Å²) in [5.74, 6) is -1.72. The van der Waals surface area contributed by atoms with Gasteiger partial charge in [-0.3, -0.25) is 9.69 Å². The summed E-state index contributed by atoms with van der Waals surface area (Å²) in [7, 11) is 0. The van der Waals surface area contributed by atoms with Crippen molar-refractivity contribution in [3.63, 3.8) is 0 Å². The summed E-state index contributed by atoms with van der Waals surface area (Å²) in [5.41, 5.74) is 1.37. The predicted molar refractivity (Wildman–Crippen MR) is 175 cm³/mol. The lowest BCUT2D eigenvalue weighted by Gasteiger charge is -2.40. The number of alkyl halides is 1. The van der Waals surface area contributed by atoms with Crippen LogP contribution in [0, 0.1) is 5.82 Å². The first-order valence-electron chi connectivity index (χ1n) is 15.4. The predicted octanol–water partition coefficient (Wildman–Crippen LogP) is 7.37. The van der Waals surface area contributed by atoms with E-state index in [4.69, 9.17) is 37.9 Å². The van der Waals surface area contributed by atoms with E-state index < -0.39 is 29.3 Å². The van der Waals surface area contributed by atoms with Gasteiger partial charge in [0.15, 0.2) is 5.83 Å². The van der Waals surface area contributed by atoms with Crippen molar-refractivity contribution in [2.45, 2.75) is 43.9 Å². The van der Waals surface area contributed by atoms with Gasteiger partial charge in [-0.15, -0.1) is 0 Å². The Hall–Kier alpha value is -3.60. The zero-order valence-electron chi connectivity index (χ0n) is 25.2. The highest BCUT2D eigenvalue weighted by molar-refractivity contribution is 6.38. The summed E-state index contributed by atoms with van der Waals surface area (Å²) in [5, 5.41) is 2.31. The number of hydrogen-bond acceptors (Lipinski definition) is 6. The number of piperazine rings is 1. The number of aromatic nitrogens is 2. The quantitative estimate of drug-likeness (QED) is 0.200. The van der Waals surface area contributed by atoms with Crippen LogP contribution in [0.25, 0.3) is 32.8 Å². The van der Waals surface area contributed by atoms with Crippen LogP contribution in [0.3, 0.4) is 0 Å². The molecular weight excluding hydrogens is 638 g/mol. The minimum absolute atomic E-state index is 0.00280. The molecule has 3 aromatic carbocycles. The van der Waals surface area contributed by atoms with E-state index in [1.54, 1.807) is 12.1 Å². The molecule has 1 unspecified atom stereocenters. The molecule has 0 saturated carbocycles. The maximum absolute atomic E-state index is 14.6. The molecule has 12 heteroatoms. The molecule has 0 radical (unpaired) electrons. The Morgan fingerprint density at radius 1 is 1.11 bits per heavy atom. The van der Waals surface area contributed by atoms with Gasteiger partial charge in [-0.1, -0.05) is 54.0 Å². The number of carbonyl (C=O) groups is 1. The number of nitrogens with zero attached hydrogens (tertiary/aromatic N) is 5. The third kappa shape index (κ3) is 5.34. The van der Waals surface area contributed by atoms with Gasteiger partial charge in [0.1, 0.15) is 24.4 Å². The number of benzene rings is 3. The Morgan fingerprint density at radius 3 is 2.72 bits per heavy atom. The molecule has 7 nitrogen and oxygen atoms in total. The molecule has 0 aliphatic carbocycles. The van der Waals surface area contributed by atoms with Crippen LogP contribution < -0.4 is 9.64 Å². The van der Waals surface area contributed by atoms with Crippen LogP contribution in [-0.2, 0) is 4.79 Å². The summed E-state index contributed by atoms with van der Waals surface area (Å²) in [6.45, 7) is 7.43. The highest BCUT2D eigenvalue weighted by atomic mass is 35.5. The zero-order valence-corrected chi connectivity index (χ0v) is 26.7. The molecule has 1 amide bonds. The number of fused-ring (bicyclic) bond motifs is 3. The summed E-state index contributed by atoms with van der Waals surface area (Å²) in [6.07, 6.45) is 1.30. The fourth-order valence-electron chi connectivity index (χ4n) is 7.41. The van der Waals surface area contributed by atoms with Crippen molar-refractivity contribution in [1.29, 1.82) is 0 Å². The van der Waals surface area contributed by atoms with Crippen LogP contribution in [0.15, 0.2) is 54.9 Å². The molecule has 0 N–H and O–H groups in total. The monoisotopic (exact) mass is 669 g/mol. The lowest BCUT2D eigenvalue weighted by atomic mass is 9.95. The average molecular weight is 671 g/mol. The first-order valence-corrected chi connectivity index (χ1v) is 16.1. The van der Waals surface area contributed by atoms with Crippen LogP contribution >= 0.6 is 23.2 Å². The van der Waals surface area contributed by atoms with Gasteiger partial charge in [0, 0.05) is 60.0 Å². The van der Waals surface area contributed by atoms with Gasteiger partial charge >= 0.3 is 6.01 Å². The van der Waals surface area contributed by atoms with E-state index in [2.05, 4.69) is 11.5 Å². The van der Waals surface area contributed by atoms with Crippen molar-refractivity contribution in [3.05, 3.63) is 70.7 Å². The third-order valence-corrected chi connectivity index (χ3v) is 10.3. The van der Waals surface area contributed by atoms with E-state index >= 15 is 0 Å². The van der Waals surface area contributed by atoms with Crippen LogP contribution in [0.5, 0.6) is 6.01 Å². The van der Waals surface area contributed by atoms with E-state index in [1.807, 2.05) is 36.1 Å². The van der Waals surface area contributed by atoms with Crippen molar-refractivity contribution < 1.29 is 22.7 Å². The van der Waals surface area contributed by atoms with Crippen LogP contribution in [-0.4, -0.2) is 82.8 Å². The highest BCUT2D eigenvalue weighted by Crippen LogP contribution is 2.43. The molecule has 3 aliphatic rings. The van der Waals surface area contributed by atoms with Gasteiger partial charge in [0.2, 0.25) is 0 Å². The fraction of sp³-hybridized carbons (Fsp3) is 0.382. The molecule has 3 atom stereocenters. The Kier molecular flexibility index (Phi) is 8.02. The van der Waals surface area contributed by atoms with Gasteiger partial charge in [-0.25, -0.2) is 13.2 Å². The maximum atomic E-state index is 14.6. The molecule has 0 spiro atoms. The lowest BCUT2D eigenvalue weighted by Crippen LogP contribution is -2.54. The molecule has 4 heterocycles. The average Bonchev–Trinajstić information content (AvgIpc) is 3.56. The van der Waals surface area contributed by atoms with Gasteiger partial charge < -0.3 is 14.5 Å². The second-order valence-electron chi connectivity index (χ2n) is 12.5. The second kappa shape index (κ2) is 11.9. The van der Waals surface area contributed by atoms with E-state index in [0.29, 0.717) is 57.8 Å². The SMILES string of the molecule is C=C(F)C(=O)N1CCN(c2nc(OCC34CCCN3C[C@H](F)C4)nc3cc(-c4cccc5ccc(F)c(Cl)c45)c(Cl)cc23)[C@@H](C)C1. The molecule has 240 valence electrons. The molecule has 3 aliphatic heterocycles. The molecule has 4 aromatic rings. The molecule has 3 fully saturated rings. The lowest BCUT2D eigenvalue weighted by molar-refractivity contribution is -0.129. The summed E-state index contributed by atoms with van der Waals surface area (Å²) >= 11 is 13.4. The molecular formula is C34H32Cl2F3N5O2. The Morgan fingerprint density at radius 2 is 1.93 bits per heavy atom. The Balaban J connectivity index is 1.33. The minimum Gasteiger partial charge on any atom is -0.461 e. The Bertz CT molecular complexity index is 1890. The van der Waals surface area contributed by atoms with E-state index in [1.165, 1.54) is 11.0 Å². The maximum Gasteiger partial charge on any atom is 0.319 e. The highest BCUT2D eigenvalue weighted by Gasteiger charge is 2.49. The summed E-state index contributed by atoms with van der Waals surface area (Å²) in [4.78, 5) is 27.6. The van der Waals surface area contributed by atoms with Crippen molar-refractivity contribution in [2.24, 2.45) is 0 Å². The van der Waals surface area contributed by atoms with Crippen molar-refractivity contribution in [1.82, 2.24) is 19.8 Å². The number of amides is 1. The van der Waals surface area contributed by atoms with Gasteiger partial charge in [0.05, 0.1) is 16.1 Å². The zero-order chi connectivity index (χ0) is 32.3. The largest absolute Gasteiger partial charge is 0.461 e. The van der Waals surface area contributed by atoms with Gasteiger partial charge in [0.25, 0.3) is 5.91 Å². The van der Waals surface area contributed by atoms with Crippen LogP contribution in [0.1, 0.15) is 26.2 Å². The first-order chi connectivity index (χ1) is 22.0. The normalized spacial score (nSPS) is 23.3. The third-order valence-electron chi connectivity index (χ3n) is 9.62. The van der Waals surface area contributed by atoms with Crippen molar-refractivity contribution in [3.8, 4) is 17.1 Å². The van der Waals surface area contributed by atoms with Crippen LogP contribution in [0.2, 0.25) is 10.0 Å². The molecule has 1 aromatic heterocycles. The molecule has 46 heavy (non-hydrogen) atoms. The first kappa shape index (κ1) is 31.0. The fourth-order valence-corrected chi connectivity index (χ4v) is 7.95. The van der Waals surface area contributed by atoms with Gasteiger partial charge in [-0.2, -0.15) is 9.97 Å². The van der Waals surface area contributed by atoms with Crippen molar-refractivity contribution in [2.75, 3.05) is 44.2 Å². The second-order valence-corrected chi connectivity index (χ2v) is 13.3. The Labute approximate surface area is 274 Å². The summed E-state index contributed by atoms with van der Waals surface area (Å²) < 4.78 is 49.1. The number of halogens is 5. The number of carbonyl (C=O) groups excluding carboxylic acids is 1. The number of hydrogen-bond donors (Lipinski definition) is 0. The van der Waals surface area contributed by atoms with E-state index in [9.17, 15) is 18.0 Å². The minimum atomic E-state index is -1.00. The molecule has 3 saturated heterocycles. The smallest absolute Gasteiger partial charge is 0.319 e. The van der Waals surface area contributed by atoms with Crippen LogP contribution in [0.4, 0.5) is 19.0 Å². The number of rotatable bonds is 6. The molecule has 0 bridgehead atoms. The van der Waals surface area contributed by atoms with E-state index in [0.717, 1.165) is 24.8 Å². The number of ether oxygens (including phenoxy) is 1. The number of anilines is 1. The summed E-state index contributed by atoms with van der Waals surface area (Å²) in [6, 6.07) is 12.0. The van der Waals surface area contributed by atoms with Gasteiger partial charge in [-0.05, 0) is 55.5 Å².